The van der Waals surface area contributed by atoms with Crippen molar-refractivity contribution in [2.75, 3.05) is 0 Å². The lowest BCUT2D eigenvalue weighted by Crippen LogP contribution is -2.03. The molecule has 4 aromatic rings. The first kappa shape index (κ1) is 15.3. The second kappa shape index (κ2) is 7.12. The van der Waals surface area contributed by atoms with Gasteiger partial charge in [0.15, 0.2) is 0 Å². The number of hydrogen-bond acceptors (Lipinski definition) is 4. The molecule has 0 atom stereocenters. The molecule has 3 heterocycles. The van der Waals surface area contributed by atoms with E-state index in [1.54, 1.807) is 12.4 Å². The summed E-state index contributed by atoms with van der Waals surface area (Å²) in [5.74, 6) is 0. The molecule has 7 nitrogen and oxygen atoms in total. The molecule has 126 valence electrons. The molecule has 0 aliphatic heterocycles. The van der Waals surface area contributed by atoms with Gasteiger partial charge in [-0.05, 0) is 24.1 Å². The lowest BCUT2D eigenvalue weighted by molar-refractivity contribution is 0.514. The summed E-state index contributed by atoms with van der Waals surface area (Å²) in [6, 6.07) is 10.3. The molecule has 4 rings (SSSR count). The molecule has 0 aliphatic rings. The van der Waals surface area contributed by atoms with Crippen LogP contribution in [0.2, 0.25) is 0 Å². The number of aryl methyl sites for hydroxylation is 2. The highest BCUT2D eigenvalue weighted by Gasteiger charge is 2.05. The minimum atomic E-state index is 0.750. The average molecular weight is 333 g/mol. The highest BCUT2D eigenvalue weighted by atomic mass is 15.4. The Balaban J connectivity index is 1.41. The average Bonchev–Trinajstić information content (AvgIpc) is 3.38. The van der Waals surface area contributed by atoms with Gasteiger partial charge in [0.05, 0.1) is 19.1 Å². The molecule has 0 bridgehead atoms. The predicted octanol–water partition coefficient (Wildman–Crippen LogP) is 2.48. The molecule has 0 saturated carbocycles. The monoisotopic (exact) mass is 333 g/mol. The molecule has 0 N–H and O–H groups in total. The second-order valence-electron chi connectivity index (χ2n) is 5.92. The van der Waals surface area contributed by atoms with E-state index in [1.807, 2.05) is 46.4 Å². The van der Waals surface area contributed by atoms with Gasteiger partial charge < -0.3 is 4.57 Å². The SMILES string of the molecule is c1cc(Cn2cccn2)cc(-c2cn(CCCn3ccnc3)nn2)c1. The quantitative estimate of drug-likeness (QED) is 0.521. The molecule has 0 amide bonds. The van der Waals surface area contributed by atoms with Crippen molar-refractivity contribution in [1.82, 2.24) is 34.3 Å². The summed E-state index contributed by atoms with van der Waals surface area (Å²) < 4.78 is 5.87. The lowest BCUT2D eigenvalue weighted by atomic mass is 10.1. The van der Waals surface area contributed by atoms with E-state index in [1.165, 1.54) is 5.56 Å². The molecule has 0 aliphatic carbocycles. The van der Waals surface area contributed by atoms with Crippen LogP contribution in [0.15, 0.2) is 67.6 Å². The lowest BCUT2D eigenvalue weighted by Gasteiger charge is -2.04. The molecular formula is C18H19N7. The van der Waals surface area contributed by atoms with E-state index < -0.39 is 0 Å². The van der Waals surface area contributed by atoms with Crippen molar-refractivity contribution in [3.05, 3.63) is 73.2 Å². The second-order valence-corrected chi connectivity index (χ2v) is 5.92. The van der Waals surface area contributed by atoms with Gasteiger partial charge in [0.25, 0.3) is 0 Å². The van der Waals surface area contributed by atoms with Crippen molar-refractivity contribution in [1.29, 1.82) is 0 Å². The van der Waals surface area contributed by atoms with Crippen molar-refractivity contribution in [3.63, 3.8) is 0 Å². The van der Waals surface area contributed by atoms with E-state index in [2.05, 4.69) is 43.2 Å². The summed E-state index contributed by atoms with van der Waals surface area (Å²) in [4.78, 5) is 4.05. The molecule has 1 aromatic carbocycles. The Bertz CT molecular complexity index is 907. The van der Waals surface area contributed by atoms with Gasteiger partial charge in [0.1, 0.15) is 5.69 Å². The van der Waals surface area contributed by atoms with Gasteiger partial charge in [-0.3, -0.25) is 9.36 Å². The summed E-state index contributed by atoms with van der Waals surface area (Å²) in [6.45, 7) is 2.51. The van der Waals surface area contributed by atoms with E-state index in [-0.39, 0.29) is 0 Å². The largest absolute Gasteiger partial charge is 0.337 e. The van der Waals surface area contributed by atoms with Crippen LogP contribution in [0.1, 0.15) is 12.0 Å². The van der Waals surface area contributed by atoms with Gasteiger partial charge in [-0.1, -0.05) is 23.4 Å². The third-order valence-electron chi connectivity index (χ3n) is 4.03. The van der Waals surface area contributed by atoms with Crippen molar-refractivity contribution in [3.8, 4) is 11.3 Å². The first-order valence-corrected chi connectivity index (χ1v) is 8.29. The Morgan fingerprint density at radius 2 is 1.96 bits per heavy atom. The standard InChI is InChI=1S/C18H19N7/c1-4-16(13-24-9-2-6-20-24)12-17(5-1)18-14-25(22-21-18)10-3-8-23-11-7-19-15-23/h1-2,4-7,9,11-12,14-15H,3,8,10,13H2. The highest BCUT2D eigenvalue weighted by Crippen LogP contribution is 2.18. The fourth-order valence-corrected chi connectivity index (χ4v) is 2.78. The minimum Gasteiger partial charge on any atom is -0.337 e. The zero-order chi connectivity index (χ0) is 16.9. The number of hydrogen-bond donors (Lipinski definition) is 0. The van der Waals surface area contributed by atoms with Crippen LogP contribution in [-0.4, -0.2) is 34.3 Å². The third kappa shape index (κ3) is 3.82. The zero-order valence-corrected chi connectivity index (χ0v) is 13.8. The normalized spacial score (nSPS) is 11.0. The fourth-order valence-electron chi connectivity index (χ4n) is 2.78. The number of benzene rings is 1. The van der Waals surface area contributed by atoms with Gasteiger partial charge in [0, 0.05) is 43.4 Å². The topological polar surface area (TPSA) is 66.3 Å². The predicted molar refractivity (Wildman–Crippen MR) is 93.6 cm³/mol. The van der Waals surface area contributed by atoms with E-state index in [0.29, 0.717) is 0 Å². The highest BCUT2D eigenvalue weighted by molar-refractivity contribution is 5.58. The van der Waals surface area contributed by atoms with Gasteiger partial charge in [-0.25, -0.2) is 4.98 Å². The summed E-state index contributed by atoms with van der Waals surface area (Å²) >= 11 is 0. The molecular weight excluding hydrogens is 314 g/mol. The molecule has 0 saturated heterocycles. The van der Waals surface area contributed by atoms with Crippen LogP contribution in [0.4, 0.5) is 0 Å². The summed E-state index contributed by atoms with van der Waals surface area (Å²) in [7, 11) is 0. The van der Waals surface area contributed by atoms with E-state index in [9.17, 15) is 0 Å². The third-order valence-corrected chi connectivity index (χ3v) is 4.03. The van der Waals surface area contributed by atoms with Crippen LogP contribution < -0.4 is 0 Å². The van der Waals surface area contributed by atoms with Crippen molar-refractivity contribution in [2.45, 2.75) is 26.1 Å². The van der Waals surface area contributed by atoms with E-state index in [4.69, 9.17) is 0 Å². The van der Waals surface area contributed by atoms with Gasteiger partial charge in [0.2, 0.25) is 0 Å². The number of nitrogens with zero attached hydrogens (tertiary/aromatic N) is 7. The minimum absolute atomic E-state index is 0.750. The maximum absolute atomic E-state index is 4.31. The number of rotatable bonds is 7. The first-order chi connectivity index (χ1) is 12.4. The van der Waals surface area contributed by atoms with E-state index >= 15 is 0 Å². The maximum atomic E-state index is 4.31. The Morgan fingerprint density at radius 1 is 0.960 bits per heavy atom. The molecule has 0 radical (unpaired) electrons. The van der Waals surface area contributed by atoms with Crippen LogP contribution in [0.5, 0.6) is 0 Å². The van der Waals surface area contributed by atoms with E-state index in [0.717, 1.165) is 37.3 Å². The fraction of sp³-hybridized carbons (Fsp3) is 0.222. The Hall–Kier alpha value is -3.22. The Labute approximate surface area is 145 Å². The molecule has 0 unspecified atom stereocenters. The van der Waals surface area contributed by atoms with Crippen molar-refractivity contribution < 1.29 is 0 Å². The van der Waals surface area contributed by atoms with Gasteiger partial charge >= 0.3 is 0 Å². The van der Waals surface area contributed by atoms with Crippen LogP contribution in [0.25, 0.3) is 11.3 Å². The first-order valence-electron chi connectivity index (χ1n) is 8.29. The molecule has 0 fully saturated rings. The zero-order valence-electron chi connectivity index (χ0n) is 13.8. The number of imidazole rings is 1. The van der Waals surface area contributed by atoms with Gasteiger partial charge in [-0.15, -0.1) is 5.10 Å². The molecule has 7 heteroatoms. The summed E-state index contributed by atoms with van der Waals surface area (Å²) in [5.41, 5.74) is 3.16. The molecule has 25 heavy (non-hydrogen) atoms. The van der Waals surface area contributed by atoms with Gasteiger partial charge in [-0.2, -0.15) is 5.10 Å². The summed E-state index contributed by atoms with van der Waals surface area (Å²) in [6.07, 6.45) is 12.3. The van der Waals surface area contributed by atoms with Crippen LogP contribution >= 0.6 is 0 Å². The number of aromatic nitrogens is 7. The Kier molecular flexibility index (Phi) is 4.37. The van der Waals surface area contributed by atoms with Crippen molar-refractivity contribution in [2.24, 2.45) is 0 Å². The Morgan fingerprint density at radius 3 is 2.80 bits per heavy atom. The van der Waals surface area contributed by atoms with Crippen LogP contribution in [0, 0.1) is 0 Å². The van der Waals surface area contributed by atoms with Crippen LogP contribution in [0.3, 0.4) is 0 Å². The van der Waals surface area contributed by atoms with Crippen molar-refractivity contribution >= 4 is 0 Å². The maximum Gasteiger partial charge on any atom is 0.113 e. The summed E-state index contributed by atoms with van der Waals surface area (Å²) in [5, 5.41) is 12.8. The van der Waals surface area contributed by atoms with Crippen LogP contribution in [-0.2, 0) is 19.6 Å². The smallest absolute Gasteiger partial charge is 0.113 e. The molecule has 0 spiro atoms. The molecule has 3 aromatic heterocycles.